The first-order valence-electron chi connectivity index (χ1n) is 1.54. The van der Waals surface area contributed by atoms with Crippen LogP contribution in [0.2, 0.25) is 0 Å². The molecule has 0 spiro atoms. The first-order chi connectivity index (χ1) is 3.83. The van der Waals surface area contributed by atoms with Crippen LogP contribution in [-0.4, -0.2) is 0 Å². The van der Waals surface area contributed by atoms with Crippen molar-refractivity contribution in [3.8, 4) is 0 Å². The van der Waals surface area contributed by atoms with E-state index in [2.05, 4.69) is 11.6 Å². The second-order valence-corrected chi connectivity index (χ2v) is 0.756. The number of hydrogen-bond donors (Lipinski definition) is 0. The van der Waals surface area contributed by atoms with Crippen molar-refractivity contribution in [2.75, 3.05) is 0 Å². The summed E-state index contributed by atoms with van der Waals surface area (Å²) in [5.74, 6) is 0. The topological polar surface area (TPSA) is 0 Å². The number of halogens is 4. The van der Waals surface area contributed by atoms with Gasteiger partial charge in [-0.3, -0.25) is 0 Å². The van der Waals surface area contributed by atoms with E-state index in [9.17, 15) is 13.2 Å². The van der Waals surface area contributed by atoms with Crippen molar-refractivity contribution >= 4 is 11.6 Å². The zero-order chi connectivity index (χ0) is 6.83. The lowest BCUT2D eigenvalue weighted by molar-refractivity contribution is 0.645. The summed E-state index contributed by atoms with van der Waals surface area (Å²) in [5.41, 5.74) is 0.806. The first kappa shape index (κ1) is 10.5. The fourth-order valence-electron chi connectivity index (χ4n) is 0. The normalized spacial score (nSPS) is 9.50. The Balaban J connectivity index is 0. The Morgan fingerprint density at radius 1 is 0.875 bits per heavy atom. The second kappa shape index (κ2) is 16.0. The molecule has 0 aromatic rings. The van der Waals surface area contributed by atoms with Gasteiger partial charge in [-0.2, -0.15) is 0 Å². The Kier molecular flexibility index (Phi) is 21.0. The molecule has 0 rings (SSSR count). The summed E-state index contributed by atoms with van der Waals surface area (Å²) in [4.78, 5) is 0. The molecule has 0 radical (unpaired) electrons. The Hall–Kier alpha value is -0.440. The molecule has 0 fully saturated rings. The quantitative estimate of drug-likeness (QED) is 0.490. The van der Waals surface area contributed by atoms with E-state index < -0.39 is 0 Å². The van der Waals surface area contributed by atoms with Gasteiger partial charge < -0.3 is 0 Å². The zero-order valence-corrected chi connectivity index (χ0v) is 4.58. The van der Waals surface area contributed by atoms with Gasteiger partial charge in [0, 0.05) is 5.54 Å². The lowest BCUT2D eigenvalue weighted by Crippen LogP contribution is -1.18. The molecule has 0 unspecified atom stereocenters. The third kappa shape index (κ3) is 47.5. The van der Waals surface area contributed by atoms with Crippen molar-refractivity contribution in [1.82, 2.24) is 0 Å². The van der Waals surface area contributed by atoms with E-state index in [4.69, 9.17) is 0 Å². The van der Waals surface area contributed by atoms with Crippen LogP contribution >= 0.6 is 11.6 Å². The lowest BCUT2D eigenvalue weighted by atomic mass is 11.2. The van der Waals surface area contributed by atoms with Crippen LogP contribution in [0.4, 0.5) is 13.2 Å². The average molecular weight is 145 g/mol. The molecule has 0 aromatic heterocycles. The van der Waals surface area contributed by atoms with Crippen molar-refractivity contribution in [2.24, 2.45) is 0 Å². The summed E-state index contributed by atoms with van der Waals surface area (Å²) in [6.45, 7) is 0. The van der Waals surface area contributed by atoms with Crippen LogP contribution in [0.15, 0.2) is 24.5 Å². The number of hydrogen-bond acceptors (Lipinski definition) is 0. The van der Waals surface area contributed by atoms with Gasteiger partial charge in [0.25, 0.3) is 0 Å². The summed E-state index contributed by atoms with van der Waals surface area (Å²) < 4.78 is 30.7. The monoisotopic (exact) mass is 144 g/mol. The van der Waals surface area contributed by atoms with Crippen molar-refractivity contribution in [2.45, 2.75) is 0 Å². The summed E-state index contributed by atoms with van der Waals surface area (Å²) in [6, 6.07) is 0. The molecule has 0 amide bonds. The zero-order valence-electron chi connectivity index (χ0n) is 3.82. The summed E-state index contributed by atoms with van der Waals surface area (Å²) in [6.07, 6.45) is -0.0679. The van der Waals surface area contributed by atoms with Gasteiger partial charge in [-0.25, -0.2) is 13.2 Å². The van der Waals surface area contributed by atoms with Crippen molar-refractivity contribution in [3.05, 3.63) is 24.5 Å². The maximum Gasteiger partial charge on any atom is 0.115 e. The van der Waals surface area contributed by atoms with Gasteiger partial charge in [0.15, 0.2) is 0 Å². The molecule has 0 heterocycles. The molecular formula is C4H4ClF3. The molecule has 0 bridgehead atoms. The predicted molar refractivity (Wildman–Crippen MR) is 27.5 cm³/mol. The third-order valence-corrected chi connectivity index (χ3v) is 0.190. The minimum atomic E-state index is -0.167. The molecule has 0 aliphatic rings. The molecule has 0 saturated heterocycles. The minimum Gasteiger partial charge on any atom is -0.215 e. The Morgan fingerprint density at radius 3 is 1.12 bits per heavy atom. The fraction of sp³-hybridized carbons (Fsp3) is 0. The molecule has 0 N–H and O–H groups in total. The standard InChI is InChI=1S/C2H2ClF.C2H2F2/c2*3-1-2-4/h2*1-2H. The van der Waals surface area contributed by atoms with Crippen LogP contribution in [0.25, 0.3) is 0 Å². The first-order valence-corrected chi connectivity index (χ1v) is 1.98. The second-order valence-electron chi connectivity index (χ2n) is 0.504. The number of rotatable bonds is 0. The van der Waals surface area contributed by atoms with Gasteiger partial charge >= 0.3 is 0 Å². The van der Waals surface area contributed by atoms with Crippen LogP contribution in [0, 0.1) is 0 Å². The maximum atomic E-state index is 10.4. The van der Waals surface area contributed by atoms with E-state index in [-0.39, 0.29) is 19.0 Å². The van der Waals surface area contributed by atoms with Gasteiger partial charge in [-0.15, -0.1) is 0 Å². The van der Waals surface area contributed by atoms with Crippen LogP contribution in [-0.2, 0) is 0 Å². The largest absolute Gasteiger partial charge is 0.215 e. The Labute approximate surface area is 50.3 Å². The van der Waals surface area contributed by atoms with Crippen molar-refractivity contribution < 1.29 is 13.2 Å². The Morgan fingerprint density at radius 2 is 1.12 bits per heavy atom. The van der Waals surface area contributed by atoms with E-state index in [1.807, 2.05) is 0 Å². The van der Waals surface area contributed by atoms with E-state index in [1.165, 1.54) is 0 Å². The molecule has 0 nitrogen and oxygen atoms in total. The predicted octanol–water partition coefficient (Wildman–Crippen LogP) is 3.06. The van der Waals surface area contributed by atoms with E-state index in [0.717, 1.165) is 5.54 Å². The van der Waals surface area contributed by atoms with Gasteiger partial charge in [-0.05, 0) is 0 Å². The highest BCUT2D eigenvalue weighted by Crippen LogP contribution is 1.73. The van der Waals surface area contributed by atoms with Gasteiger partial charge in [0.05, 0.1) is 6.33 Å². The smallest absolute Gasteiger partial charge is 0.115 e. The van der Waals surface area contributed by atoms with E-state index in [1.54, 1.807) is 0 Å². The highest BCUT2D eigenvalue weighted by molar-refractivity contribution is 6.25. The van der Waals surface area contributed by atoms with Gasteiger partial charge in [0.2, 0.25) is 0 Å². The van der Waals surface area contributed by atoms with Crippen LogP contribution in [0.3, 0.4) is 0 Å². The van der Waals surface area contributed by atoms with Crippen LogP contribution < -0.4 is 0 Å². The summed E-state index contributed by atoms with van der Waals surface area (Å²) in [5, 5.41) is 0. The average Bonchev–Trinajstić information content (AvgIpc) is 1.88. The molecule has 0 aliphatic heterocycles. The molecule has 0 saturated carbocycles. The molecule has 8 heavy (non-hydrogen) atoms. The van der Waals surface area contributed by atoms with Gasteiger partial charge in [0.1, 0.15) is 12.7 Å². The molecule has 4 heteroatoms. The fourth-order valence-corrected chi connectivity index (χ4v) is 0. The molecular weight excluding hydrogens is 140 g/mol. The minimum absolute atomic E-state index is 0.167. The third-order valence-electron chi connectivity index (χ3n) is 0.0952. The SMILES string of the molecule is FC=CCl.FC=CF. The van der Waals surface area contributed by atoms with E-state index >= 15 is 0 Å². The molecule has 0 atom stereocenters. The van der Waals surface area contributed by atoms with Crippen molar-refractivity contribution in [3.63, 3.8) is 0 Å². The molecule has 0 aliphatic carbocycles. The summed E-state index contributed by atoms with van der Waals surface area (Å²) in [7, 11) is 0. The maximum absolute atomic E-state index is 10.4. The van der Waals surface area contributed by atoms with Crippen molar-refractivity contribution in [1.29, 1.82) is 0 Å². The molecule has 48 valence electrons. The highest BCUT2D eigenvalue weighted by atomic mass is 35.5. The van der Waals surface area contributed by atoms with Crippen LogP contribution in [0.5, 0.6) is 0 Å². The Bertz CT molecular complexity index is 51.7. The highest BCUT2D eigenvalue weighted by Gasteiger charge is 1.43. The lowest BCUT2D eigenvalue weighted by Gasteiger charge is -1.43. The van der Waals surface area contributed by atoms with Crippen LogP contribution in [0.1, 0.15) is 0 Å². The summed E-state index contributed by atoms with van der Waals surface area (Å²) >= 11 is 4.63. The molecule has 0 aromatic carbocycles. The van der Waals surface area contributed by atoms with Gasteiger partial charge in [-0.1, -0.05) is 11.6 Å². The van der Waals surface area contributed by atoms with E-state index in [0.29, 0.717) is 0 Å².